The van der Waals surface area contributed by atoms with Crippen LogP contribution in [0.15, 0.2) is 6.07 Å². The lowest BCUT2D eigenvalue weighted by atomic mass is 9.93. The van der Waals surface area contributed by atoms with Crippen molar-refractivity contribution in [2.75, 3.05) is 57.1 Å². The Hall–Kier alpha value is -2.48. The van der Waals surface area contributed by atoms with E-state index in [-0.39, 0.29) is 25.0 Å². The summed E-state index contributed by atoms with van der Waals surface area (Å²) in [5.74, 6) is -0.408. The lowest BCUT2D eigenvalue weighted by molar-refractivity contribution is -0.140. The Labute approximate surface area is 246 Å². The van der Waals surface area contributed by atoms with Crippen molar-refractivity contribution in [3.05, 3.63) is 39.3 Å². The van der Waals surface area contributed by atoms with Crippen LogP contribution in [0.3, 0.4) is 0 Å². The first-order valence-electron chi connectivity index (χ1n) is 14.1. The number of alkyl halides is 4. The molecule has 5 heterocycles. The van der Waals surface area contributed by atoms with Crippen LogP contribution in [0.2, 0.25) is 5.02 Å². The molecule has 14 heteroatoms. The number of hydrogen-bond donors (Lipinski definition) is 1. The molecule has 4 atom stereocenters. The highest BCUT2D eigenvalue weighted by molar-refractivity contribution is 6.31. The molecule has 0 aliphatic carbocycles. The number of anilines is 2. The van der Waals surface area contributed by atoms with E-state index in [2.05, 4.69) is 14.9 Å². The normalized spacial score (nSPS) is 26.2. The van der Waals surface area contributed by atoms with Crippen LogP contribution in [-0.2, 0) is 28.7 Å². The monoisotopic (exact) mass is 619 g/mol. The van der Waals surface area contributed by atoms with Crippen molar-refractivity contribution >= 4 is 23.1 Å². The lowest BCUT2D eigenvalue weighted by Gasteiger charge is -2.32. The van der Waals surface area contributed by atoms with E-state index in [1.54, 1.807) is 0 Å². The van der Waals surface area contributed by atoms with Gasteiger partial charge in [-0.3, -0.25) is 4.90 Å². The third-order valence-corrected chi connectivity index (χ3v) is 8.42. The molecule has 4 unspecified atom stereocenters. The van der Waals surface area contributed by atoms with Crippen molar-refractivity contribution in [2.45, 2.75) is 63.7 Å². The fourth-order valence-electron chi connectivity index (χ4n) is 6.22. The second-order valence-electron chi connectivity index (χ2n) is 11.3. The molecular formula is C28H35ClF5N5O3. The molecule has 6 rings (SSSR count). The summed E-state index contributed by atoms with van der Waals surface area (Å²) in [7, 11) is 1.40. The van der Waals surface area contributed by atoms with Crippen LogP contribution in [0.1, 0.15) is 54.7 Å². The summed E-state index contributed by atoms with van der Waals surface area (Å²) in [5.41, 5.74) is 4.09. The minimum absolute atomic E-state index is 0.0596. The number of ether oxygens (including phenoxy) is 3. The Kier molecular flexibility index (Phi) is 9.31. The molecule has 0 amide bonds. The van der Waals surface area contributed by atoms with E-state index in [9.17, 15) is 22.0 Å². The molecule has 4 aliphatic heterocycles. The average Bonchev–Trinajstić information content (AvgIpc) is 3.44. The van der Waals surface area contributed by atoms with E-state index in [0.29, 0.717) is 56.0 Å². The van der Waals surface area contributed by atoms with Gasteiger partial charge in [0.05, 0.1) is 55.0 Å². The molecule has 2 aromatic rings. The quantitative estimate of drug-likeness (QED) is 0.363. The predicted molar refractivity (Wildman–Crippen MR) is 147 cm³/mol. The van der Waals surface area contributed by atoms with Gasteiger partial charge in [0.2, 0.25) is 0 Å². The standard InChI is InChI=1S/C21H23ClF4N4O3.C7H12FN/c1-10-7-30(3-4-32-8-10)19-11-9-33-15(6-14(11)28-20(29-19)31-2)16-17(21(24,25)26)12(22)5-13(27)18(16)23;8-6-4-7-2-1-3-9(7)5-6/h5,10,15H,3-4,6-9,27H2,1-2H3;6-7H,1-5H2. The third-order valence-electron chi connectivity index (χ3n) is 8.13. The largest absolute Gasteiger partial charge is 0.467 e. The molecule has 0 spiro atoms. The zero-order valence-corrected chi connectivity index (χ0v) is 24.3. The summed E-state index contributed by atoms with van der Waals surface area (Å²) in [5, 5.41) is -0.690. The van der Waals surface area contributed by atoms with Gasteiger partial charge in [0.1, 0.15) is 12.0 Å². The molecule has 0 bridgehead atoms. The average molecular weight is 620 g/mol. The summed E-state index contributed by atoms with van der Waals surface area (Å²) >= 11 is 5.83. The van der Waals surface area contributed by atoms with E-state index in [1.165, 1.54) is 20.0 Å². The van der Waals surface area contributed by atoms with Crippen molar-refractivity contribution in [2.24, 2.45) is 5.92 Å². The Balaban J connectivity index is 0.000000330. The second kappa shape index (κ2) is 12.6. The van der Waals surface area contributed by atoms with Crippen LogP contribution in [-0.4, -0.2) is 73.6 Å². The van der Waals surface area contributed by atoms with E-state index in [4.69, 9.17) is 31.5 Å². The number of nitrogens with zero attached hydrogens (tertiary/aromatic N) is 4. The van der Waals surface area contributed by atoms with Crippen molar-refractivity contribution in [1.29, 1.82) is 0 Å². The fourth-order valence-corrected chi connectivity index (χ4v) is 6.55. The maximum absolute atomic E-state index is 14.9. The summed E-state index contributed by atoms with van der Waals surface area (Å²) in [6.45, 7) is 6.11. The maximum Gasteiger partial charge on any atom is 0.418 e. The van der Waals surface area contributed by atoms with E-state index < -0.39 is 46.1 Å². The maximum atomic E-state index is 14.9. The highest BCUT2D eigenvalue weighted by Gasteiger charge is 2.42. The molecule has 1 aromatic carbocycles. The Bertz CT molecular complexity index is 1270. The molecule has 0 radical (unpaired) electrons. The van der Waals surface area contributed by atoms with Crippen LogP contribution < -0.4 is 15.4 Å². The van der Waals surface area contributed by atoms with Gasteiger partial charge in [0, 0.05) is 43.2 Å². The smallest absolute Gasteiger partial charge is 0.418 e. The molecule has 4 aliphatic rings. The minimum Gasteiger partial charge on any atom is -0.467 e. The van der Waals surface area contributed by atoms with Crippen LogP contribution in [0.25, 0.3) is 0 Å². The number of rotatable bonds is 3. The first kappa shape index (κ1) is 31.0. The summed E-state index contributed by atoms with van der Waals surface area (Å²) < 4.78 is 85.4. The SMILES string of the molecule is COc1nc2c(c(N3CCOCC(C)C3)n1)COC(c1c(F)c(N)cc(Cl)c1C(F)(F)F)C2.FC1CC2CCCN2C1. The van der Waals surface area contributed by atoms with Crippen LogP contribution in [0.5, 0.6) is 6.01 Å². The number of nitrogens with two attached hydrogens (primary N) is 1. The lowest BCUT2D eigenvalue weighted by Crippen LogP contribution is -2.33. The highest BCUT2D eigenvalue weighted by atomic mass is 35.5. The number of nitrogen functional groups attached to an aromatic ring is 1. The number of aromatic nitrogens is 2. The van der Waals surface area contributed by atoms with Gasteiger partial charge in [-0.15, -0.1) is 0 Å². The molecule has 1 aromatic heterocycles. The molecule has 8 nitrogen and oxygen atoms in total. The first-order valence-corrected chi connectivity index (χ1v) is 14.4. The van der Waals surface area contributed by atoms with Gasteiger partial charge in [0.15, 0.2) is 5.82 Å². The number of fused-ring (bicyclic) bond motifs is 2. The van der Waals surface area contributed by atoms with Crippen molar-refractivity contribution in [3.8, 4) is 6.01 Å². The van der Waals surface area contributed by atoms with Crippen LogP contribution in [0.4, 0.5) is 33.5 Å². The summed E-state index contributed by atoms with van der Waals surface area (Å²) in [6.07, 6.45) is -3.52. The van der Waals surface area contributed by atoms with Gasteiger partial charge in [-0.2, -0.15) is 23.1 Å². The fraction of sp³-hybridized carbons (Fsp3) is 0.643. The second-order valence-corrected chi connectivity index (χ2v) is 11.7. The highest BCUT2D eigenvalue weighted by Crippen LogP contribution is 2.46. The number of methoxy groups -OCH3 is 1. The van der Waals surface area contributed by atoms with E-state index >= 15 is 0 Å². The zero-order chi connectivity index (χ0) is 30.2. The van der Waals surface area contributed by atoms with Gasteiger partial charge in [0.25, 0.3) is 0 Å². The Morgan fingerprint density at radius 3 is 2.69 bits per heavy atom. The minimum atomic E-state index is -4.90. The van der Waals surface area contributed by atoms with E-state index in [0.717, 1.165) is 19.0 Å². The number of benzene rings is 1. The first-order chi connectivity index (χ1) is 20.0. The Morgan fingerprint density at radius 1 is 1.19 bits per heavy atom. The third kappa shape index (κ3) is 6.53. The summed E-state index contributed by atoms with van der Waals surface area (Å²) in [4.78, 5) is 13.1. The summed E-state index contributed by atoms with van der Waals surface area (Å²) in [6, 6.07) is 1.43. The van der Waals surface area contributed by atoms with Crippen LogP contribution >= 0.6 is 11.6 Å². The predicted octanol–water partition coefficient (Wildman–Crippen LogP) is 5.36. The van der Waals surface area contributed by atoms with Crippen molar-refractivity contribution < 1.29 is 36.2 Å². The molecule has 0 saturated carbocycles. The van der Waals surface area contributed by atoms with Crippen molar-refractivity contribution in [3.63, 3.8) is 0 Å². The zero-order valence-electron chi connectivity index (χ0n) is 23.5. The van der Waals surface area contributed by atoms with Gasteiger partial charge < -0.3 is 24.8 Å². The van der Waals surface area contributed by atoms with Crippen LogP contribution in [0, 0.1) is 11.7 Å². The molecule has 232 valence electrons. The van der Waals surface area contributed by atoms with Crippen molar-refractivity contribution in [1.82, 2.24) is 14.9 Å². The van der Waals surface area contributed by atoms with Gasteiger partial charge in [-0.05, 0) is 37.8 Å². The van der Waals surface area contributed by atoms with Gasteiger partial charge >= 0.3 is 12.2 Å². The van der Waals surface area contributed by atoms with E-state index in [1.807, 2.05) is 11.8 Å². The number of halogens is 6. The topological polar surface area (TPSA) is 86.0 Å². The Morgan fingerprint density at radius 2 is 1.98 bits per heavy atom. The molecule has 3 fully saturated rings. The molecule has 42 heavy (non-hydrogen) atoms. The molecule has 2 N–H and O–H groups in total. The van der Waals surface area contributed by atoms with Gasteiger partial charge in [-0.1, -0.05) is 18.5 Å². The molecule has 3 saturated heterocycles. The number of hydrogen-bond acceptors (Lipinski definition) is 8. The molecular weight excluding hydrogens is 585 g/mol. The van der Waals surface area contributed by atoms with Gasteiger partial charge in [-0.25, -0.2) is 8.78 Å².